The largest absolute Gasteiger partial charge is 0.460 e. The number of carbonyl (C=O) groups is 2. The van der Waals surface area contributed by atoms with Crippen molar-refractivity contribution in [2.45, 2.75) is 40.2 Å². The van der Waals surface area contributed by atoms with E-state index in [-0.39, 0.29) is 18.6 Å². The Bertz CT molecular complexity index is 765. The molecule has 0 bridgehead atoms. The van der Waals surface area contributed by atoms with E-state index in [1.165, 1.54) is 0 Å². The second-order valence-electron chi connectivity index (χ2n) is 6.92. The van der Waals surface area contributed by atoms with Crippen LogP contribution in [0.2, 0.25) is 0 Å². The summed E-state index contributed by atoms with van der Waals surface area (Å²) in [7, 11) is 1.55. The average molecular weight is 393 g/mol. The molecule has 2 N–H and O–H groups in total. The van der Waals surface area contributed by atoms with Crippen LogP contribution in [0, 0.1) is 19.8 Å². The summed E-state index contributed by atoms with van der Waals surface area (Å²) in [6.07, 6.45) is 0.844. The number of esters is 1. The molecule has 1 unspecified atom stereocenters. The summed E-state index contributed by atoms with van der Waals surface area (Å²) in [6, 6.07) is 3.96. The van der Waals surface area contributed by atoms with Gasteiger partial charge in [-0.25, -0.2) is 4.79 Å². The second kappa shape index (κ2) is 9.71. The Morgan fingerprint density at radius 3 is 2.59 bits per heavy atom. The molecule has 0 aromatic carbocycles. The third-order valence-corrected chi connectivity index (χ3v) is 5.27. The molecule has 27 heavy (non-hydrogen) atoms. The van der Waals surface area contributed by atoms with Crippen LogP contribution >= 0.6 is 11.3 Å². The fraction of sp³-hybridized carbons (Fsp3) is 0.500. The SMILES string of the molecule is COCCOC(=O)c1c(C)[nH]c(C(=O)NC(CC(C)C)c2cccs2)c1C. The molecule has 0 saturated carbocycles. The number of nitrogens with one attached hydrogen (secondary N) is 2. The van der Waals surface area contributed by atoms with Crippen LogP contribution in [0.25, 0.3) is 0 Å². The summed E-state index contributed by atoms with van der Waals surface area (Å²) in [5, 5.41) is 5.11. The van der Waals surface area contributed by atoms with Crippen LogP contribution in [0.3, 0.4) is 0 Å². The first-order valence-electron chi connectivity index (χ1n) is 9.04. The topological polar surface area (TPSA) is 80.4 Å². The lowest BCUT2D eigenvalue weighted by Gasteiger charge is -2.19. The Morgan fingerprint density at radius 2 is 2.00 bits per heavy atom. The van der Waals surface area contributed by atoms with E-state index in [1.807, 2.05) is 17.5 Å². The Hall–Kier alpha value is -2.12. The van der Waals surface area contributed by atoms with Gasteiger partial charge in [-0.05, 0) is 43.2 Å². The number of ether oxygens (including phenoxy) is 2. The maximum Gasteiger partial charge on any atom is 0.340 e. The van der Waals surface area contributed by atoms with E-state index in [4.69, 9.17) is 9.47 Å². The van der Waals surface area contributed by atoms with Crippen LogP contribution in [-0.2, 0) is 9.47 Å². The van der Waals surface area contributed by atoms with Gasteiger partial charge in [0.1, 0.15) is 12.3 Å². The average Bonchev–Trinajstić information content (AvgIpc) is 3.22. The first-order valence-corrected chi connectivity index (χ1v) is 9.92. The van der Waals surface area contributed by atoms with Gasteiger partial charge in [-0.2, -0.15) is 0 Å². The van der Waals surface area contributed by atoms with Crippen molar-refractivity contribution < 1.29 is 19.1 Å². The van der Waals surface area contributed by atoms with Gasteiger partial charge in [-0.15, -0.1) is 11.3 Å². The molecule has 148 valence electrons. The van der Waals surface area contributed by atoms with E-state index in [0.717, 1.165) is 11.3 Å². The van der Waals surface area contributed by atoms with Crippen molar-refractivity contribution in [2.75, 3.05) is 20.3 Å². The summed E-state index contributed by atoms with van der Waals surface area (Å²) in [5.74, 6) is -0.227. The molecule has 0 aliphatic rings. The Balaban J connectivity index is 2.18. The third kappa shape index (κ3) is 5.43. The van der Waals surface area contributed by atoms with Gasteiger partial charge < -0.3 is 19.8 Å². The standard InChI is InChI=1S/C20H28N2O4S/c1-12(2)11-15(16-7-6-10-27-16)22-19(23)18-13(3)17(14(4)21-18)20(24)26-9-8-25-5/h6-7,10,12,15,21H,8-9,11H2,1-5H3,(H,22,23). The summed E-state index contributed by atoms with van der Waals surface area (Å²) >= 11 is 1.63. The second-order valence-corrected chi connectivity index (χ2v) is 7.90. The highest BCUT2D eigenvalue weighted by Crippen LogP contribution is 2.26. The number of carbonyl (C=O) groups excluding carboxylic acids is 2. The Labute approximate surface area is 164 Å². The van der Waals surface area contributed by atoms with E-state index >= 15 is 0 Å². The van der Waals surface area contributed by atoms with E-state index in [1.54, 1.807) is 32.3 Å². The molecule has 6 nitrogen and oxygen atoms in total. The first-order chi connectivity index (χ1) is 12.8. The van der Waals surface area contributed by atoms with Gasteiger partial charge >= 0.3 is 5.97 Å². The van der Waals surface area contributed by atoms with E-state index in [9.17, 15) is 9.59 Å². The highest BCUT2D eigenvalue weighted by Gasteiger charge is 2.25. The van der Waals surface area contributed by atoms with Crippen LogP contribution in [0.5, 0.6) is 0 Å². The van der Waals surface area contributed by atoms with Crippen LogP contribution < -0.4 is 5.32 Å². The number of aryl methyl sites for hydroxylation is 1. The molecule has 2 aromatic rings. The van der Waals surface area contributed by atoms with Crippen LogP contribution in [0.15, 0.2) is 17.5 Å². The molecule has 1 atom stereocenters. The van der Waals surface area contributed by atoms with E-state index < -0.39 is 5.97 Å². The normalized spacial score (nSPS) is 12.2. The van der Waals surface area contributed by atoms with Crippen molar-refractivity contribution in [1.82, 2.24) is 10.3 Å². The number of thiophene rings is 1. The molecule has 2 rings (SSSR count). The number of aromatic nitrogens is 1. The molecule has 0 aliphatic heterocycles. The van der Waals surface area contributed by atoms with Crippen molar-refractivity contribution in [2.24, 2.45) is 5.92 Å². The van der Waals surface area contributed by atoms with E-state index in [2.05, 4.69) is 24.1 Å². The lowest BCUT2D eigenvalue weighted by Crippen LogP contribution is -2.29. The molecule has 0 spiro atoms. The molecule has 7 heteroatoms. The van der Waals surface area contributed by atoms with Crippen molar-refractivity contribution in [3.63, 3.8) is 0 Å². The number of methoxy groups -OCH3 is 1. The van der Waals surface area contributed by atoms with Crippen LogP contribution in [0.1, 0.15) is 63.3 Å². The summed E-state index contributed by atoms with van der Waals surface area (Å²) in [5.41, 5.74) is 2.03. The predicted molar refractivity (Wildman–Crippen MR) is 106 cm³/mol. The Morgan fingerprint density at radius 1 is 1.26 bits per heavy atom. The lowest BCUT2D eigenvalue weighted by molar-refractivity contribution is 0.0387. The highest BCUT2D eigenvalue weighted by atomic mass is 32.1. The number of H-pyrrole nitrogens is 1. The summed E-state index contributed by atoms with van der Waals surface area (Å²) in [6.45, 7) is 8.29. The number of hydrogen-bond donors (Lipinski definition) is 2. The predicted octanol–water partition coefficient (Wildman–Crippen LogP) is 4.01. The van der Waals surface area contributed by atoms with Crippen molar-refractivity contribution in [3.8, 4) is 0 Å². The monoisotopic (exact) mass is 392 g/mol. The maximum absolute atomic E-state index is 12.9. The molecule has 2 heterocycles. The molecule has 0 radical (unpaired) electrons. The number of amides is 1. The van der Waals surface area contributed by atoms with Gasteiger partial charge in [0.05, 0.1) is 18.2 Å². The van der Waals surface area contributed by atoms with Crippen molar-refractivity contribution in [1.29, 1.82) is 0 Å². The smallest absolute Gasteiger partial charge is 0.340 e. The van der Waals surface area contributed by atoms with Crippen molar-refractivity contribution >= 4 is 23.2 Å². The fourth-order valence-electron chi connectivity index (χ4n) is 3.01. The number of hydrogen-bond acceptors (Lipinski definition) is 5. The van der Waals surface area contributed by atoms with Crippen LogP contribution in [-0.4, -0.2) is 37.2 Å². The van der Waals surface area contributed by atoms with Gasteiger partial charge in [0.15, 0.2) is 0 Å². The van der Waals surface area contributed by atoms with Gasteiger partial charge in [0.2, 0.25) is 0 Å². The fourth-order valence-corrected chi connectivity index (χ4v) is 3.80. The maximum atomic E-state index is 12.9. The van der Waals surface area contributed by atoms with Crippen molar-refractivity contribution in [3.05, 3.63) is 44.9 Å². The summed E-state index contributed by atoms with van der Waals surface area (Å²) in [4.78, 5) is 29.4. The zero-order valence-corrected chi connectivity index (χ0v) is 17.4. The molecular formula is C20H28N2O4S. The molecular weight excluding hydrogens is 364 g/mol. The zero-order valence-electron chi connectivity index (χ0n) is 16.5. The molecule has 2 aromatic heterocycles. The first kappa shape index (κ1) is 21.2. The zero-order chi connectivity index (χ0) is 20.0. The van der Waals surface area contributed by atoms with E-state index in [0.29, 0.717) is 35.0 Å². The van der Waals surface area contributed by atoms with Crippen LogP contribution in [0.4, 0.5) is 0 Å². The molecule has 0 aliphatic carbocycles. The Kier molecular flexibility index (Phi) is 7.62. The minimum absolute atomic E-state index is 0.0578. The minimum Gasteiger partial charge on any atom is -0.460 e. The molecule has 0 fully saturated rings. The summed E-state index contributed by atoms with van der Waals surface area (Å²) < 4.78 is 10.1. The number of aromatic amines is 1. The quantitative estimate of drug-likeness (QED) is 0.499. The minimum atomic E-state index is -0.450. The molecule has 1 amide bonds. The lowest BCUT2D eigenvalue weighted by atomic mass is 10.0. The number of rotatable bonds is 9. The highest BCUT2D eigenvalue weighted by molar-refractivity contribution is 7.10. The van der Waals surface area contributed by atoms with Gasteiger partial charge in [-0.3, -0.25) is 4.79 Å². The van der Waals surface area contributed by atoms with Gasteiger partial charge in [-0.1, -0.05) is 19.9 Å². The van der Waals surface area contributed by atoms with Gasteiger partial charge in [0.25, 0.3) is 5.91 Å². The molecule has 0 saturated heterocycles. The van der Waals surface area contributed by atoms with Gasteiger partial charge in [0, 0.05) is 17.7 Å². The third-order valence-electron chi connectivity index (χ3n) is 4.29.